The van der Waals surface area contributed by atoms with Gasteiger partial charge in [-0.2, -0.15) is 0 Å². The van der Waals surface area contributed by atoms with Crippen molar-refractivity contribution in [3.8, 4) is 0 Å². The Kier molecular flexibility index (Phi) is 3.41. The van der Waals surface area contributed by atoms with Crippen molar-refractivity contribution in [3.63, 3.8) is 0 Å². The first-order chi connectivity index (χ1) is 10.8. The minimum Gasteiger partial charge on any atom is -0.478 e. The minimum atomic E-state index is -3.97. The smallest absolute Gasteiger partial charge is 0.417 e. The summed E-state index contributed by atoms with van der Waals surface area (Å²) in [5, 5.41) is 8.92. The first-order valence-corrected chi connectivity index (χ1v) is 7.82. The number of aromatic amines is 1. The Morgan fingerprint density at radius 1 is 1.17 bits per heavy atom. The summed E-state index contributed by atoms with van der Waals surface area (Å²) in [4.78, 5) is 24.3. The molecule has 0 fully saturated rings. The topological polar surface area (TPSA) is 129 Å². The first kappa shape index (κ1) is 14.9. The molecule has 0 aliphatic carbocycles. The van der Waals surface area contributed by atoms with E-state index in [1.54, 1.807) is 0 Å². The fourth-order valence-electron chi connectivity index (χ4n) is 2.02. The Bertz CT molecular complexity index is 1060. The van der Waals surface area contributed by atoms with Gasteiger partial charge in [0.25, 0.3) is 10.0 Å². The van der Waals surface area contributed by atoms with E-state index in [-0.39, 0.29) is 21.7 Å². The van der Waals surface area contributed by atoms with Gasteiger partial charge in [-0.3, -0.25) is 9.71 Å². The summed E-state index contributed by atoms with van der Waals surface area (Å²) in [6.07, 6.45) is 0. The van der Waals surface area contributed by atoms with E-state index in [4.69, 9.17) is 9.52 Å². The molecule has 0 atom stereocenters. The van der Waals surface area contributed by atoms with Crippen LogP contribution in [0, 0.1) is 0 Å². The third kappa shape index (κ3) is 2.94. The fraction of sp³-hybridized carbons (Fsp3) is 0. The molecule has 0 radical (unpaired) electrons. The number of carboxylic acids is 1. The van der Waals surface area contributed by atoms with Crippen LogP contribution in [0.25, 0.3) is 11.1 Å². The highest BCUT2D eigenvalue weighted by Gasteiger charge is 2.17. The maximum absolute atomic E-state index is 12.3. The maximum atomic E-state index is 12.3. The molecule has 3 rings (SSSR count). The molecule has 1 aromatic heterocycles. The summed E-state index contributed by atoms with van der Waals surface area (Å²) >= 11 is 0. The number of hydrogen-bond donors (Lipinski definition) is 3. The molecule has 0 saturated carbocycles. The third-order valence-electron chi connectivity index (χ3n) is 3.06. The quantitative estimate of drug-likeness (QED) is 0.665. The number of benzene rings is 2. The maximum Gasteiger partial charge on any atom is 0.417 e. The molecule has 0 aliphatic heterocycles. The third-order valence-corrected chi connectivity index (χ3v) is 4.44. The molecule has 9 heteroatoms. The standard InChI is InChI=1S/C14H10N2O6S/c17-13(18)8-2-1-3-10(6-8)23(20,21)16-9-4-5-11-12(7-9)22-14(19)15-11/h1-7,16H,(H,15,19)(H,17,18). The van der Waals surface area contributed by atoms with E-state index in [9.17, 15) is 18.0 Å². The lowest BCUT2D eigenvalue weighted by molar-refractivity contribution is 0.0696. The van der Waals surface area contributed by atoms with Crippen LogP contribution < -0.4 is 10.5 Å². The first-order valence-electron chi connectivity index (χ1n) is 6.34. The van der Waals surface area contributed by atoms with E-state index in [1.807, 2.05) is 0 Å². The lowest BCUT2D eigenvalue weighted by Crippen LogP contribution is -2.13. The number of nitrogens with one attached hydrogen (secondary N) is 2. The summed E-state index contributed by atoms with van der Waals surface area (Å²) in [7, 11) is -3.97. The largest absolute Gasteiger partial charge is 0.478 e. The number of aromatic nitrogens is 1. The molecule has 0 aliphatic rings. The molecule has 0 unspecified atom stereocenters. The normalized spacial score (nSPS) is 11.5. The van der Waals surface area contributed by atoms with Crippen LogP contribution in [-0.4, -0.2) is 24.5 Å². The van der Waals surface area contributed by atoms with Crippen molar-refractivity contribution in [2.24, 2.45) is 0 Å². The summed E-state index contributed by atoms with van der Waals surface area (Å²) in [6.45, 7) is 0. The Balaban J connectivity index is 1.97. The number of anilines is 1. The van der Waals surface area contributed by atoms with Crippen LogP contribution in [0.15, 0.2) is 56.6 Å². The van der Waals surface area contributed by atoms with Gasteiger partial charge in [-0.1, -0.05) is 6.07 Å². The lowest BCUT2D eigenvalue weighted by Gasteiger charge is -2.08. The average Bonchev–Trinajstić information content (AvgIpc) is 2.86. The Labute approximate surface area is 129 Å². The molecule has 3 aromatic rings. The number of oxazole rings is 1. The molecule has 0 spiro atoms. The van der Waals surface area contributed by atoms with E-state index in [2.05, 4.69) is 9.71 Å². The summed E-state index contributed by atoms with van der Waals surface area (Å²) in [5.74, 6) is -1.87. The number of rotatable bonds is 4. The summed E-state index contributed by atoms with van der Waals surface area (Å²) in [6, 6.07) is 9.27. The molecule has 8 nitrogen and oxygen atoms in total. The van der Waals surface area contributed by atoms with Crippen LogP contribution in [0.1, 0.15) is 10.4 Å². The second-order valence-corrected chi connectivity index (χ2v) is 6.35. The number of H-pyrrole nitrogens is 1. The van der Waals surface area contributed by atoms with E-state index in [1.165, 1.54) is 36.4 Å². The second-order valence-electron chi connectivity index (χ2n) is 4.66. The highest BCUT2D eigenvalue weighted by Crippen LogP contribution is 2.20. The summed E-state index contributed by atoms with van der Waals surface area (Å²) in [5.41, 5.74) is 0.682. The lowest BCUT2D eigenvalue weighted by atomic mass is 10.2. The van der Waals surface area contributed by atoms with Crippen molar-refractivity contribution in [2.75, 3.05) is 4.72 Å². The van der Waals surface area contributed by atoms with Crippen LogP contribution in [0.3, 0.4) is 0 Å². The van der Waals surface area contributed by atoms with Crippen LogP contribution >= 0.6 is 0 Å². The van der Waals surface area contributed by atoms with Gasteiger partial charge in [-0.05, 0) is 30.3 Å². The predicted octanol–water partition coefficient (Wildman–Crippen LogP) is 1.62. The molecule has 23 heavy (non-hydrogen) atoms. The molecular weight excluding hydrogens is 324 g/mol. The highest BCUT2D eigenvalue weighted by atomic mass is 32.2. The zero-order chi connectivity index (χ0) is 16.6. The fourth-order valence-corrected chi connectivity index (χ4v) is 3.11. The van der Waals surface area contributed by atoms with E-state index >= 15 is 0 Å². The van der Waals surface area contributed by atoms with Crippen molar-refractivity contribution in [2.45, 2.75) is 4.90 Å². The van der Waals surface area contributed by atoms with Gasteiger partial charge < -0.3 is 9.52 Å². The van der Waals surface area contributed by atoms with Crippen LogP contribution in [-0.2, 0) is 10.0 Å². The molecule has 3 N–H and O–H groups in total. The highest BCUT2D eigenvalue weighted by molar-refractivity contribution is 7.92. The molecule has 1 heterocycles. The van der Waals surface area contributed by atoms with Gasteiger partial charge in [0.1, 0.15) is 0 Å². The molecule has 0 amide bonds. The number of hydrogen-bond acceptors (Lipinski definition) is 5. The van der Waals surface area contributed by atoms with Gasteiger partial charge in [-0.15, -0.1) is 0 Å². The van der Waals surface area contributed by atoms with Crippen molar-refractivity contribution >= 4 is 32.8 Å². The second kappa shape index (κ2) is 5.29. The molecule has 0 bridgehead atoms. The zero-order valence-electron chi connectivity index (χ0n) is 11.4. The number of carbonyl (C=O) groups is 1. The van der Waals surface area contributed by atoms with Crippen molar-refractivity contribution in [3.05, 3.63) is 58.6 Å². The van der Waals surface area contributed by atoms with Crippen LogP contribution in [0.4, 0.5) is 5.69 Å². The van der Waals surface area contributed by atoms with Crippen LogP contribution in [0.2, 0.25) is 0 Å². The van der Waals surface area contributed by atoms with E-state index in [0.29, 0.717) is 5.52 Å². The van der Waals surface area contributed by atoms with Gasteiger partial charge in [-0.25, -0.2) is 18.0 Å². The van der Waals surface area contributed by atoms with Gasteiger partial charge in [0, 0.05) is 6.07 Å². The van der Waals surface area contributed by atoms with Gasteiger partial charge in [0.05, 0.1) is 21.7 Å². The van der Waals surface area contributed by atoms with Gasteiger partial charge in [0.2, 0.25) is 0 Å². The Hall–Kier alpha value is -3.07. The molecule has 2 aromatic carbocycles. The Morgan fingerprint density at radius 2 is 1.96 bits per heavy atom. The van der Waals surface area contributed by atoms with Crippen molar-refractivity contribution < 1.29 is 22.7 Å². The van der Waals surface area contributed by atoms with E-state index in [0.717, 1.165) is 6.07 Å². The number of sulfonamides is 1. The number of fused-ring (bicyclic) bond motifs is 1. The van der Waals surface area contributed by atoms with Crippen molar-refractivity contribution in [1.29, 1.82) is 0 Å². The monoisotopic (exact) mass is 334 g/mol. The molecule has 0 saturated heterocycles. The predicted molar refractivity (Wildman–Crippen MR) is 81.0 cm³/mol. The number of aromatic carboxylic acids is 1. The van der Waals surface area contributed by atoms with Gasteiger partial charge >= 0.3 is 11.7 Å². The SMILES string of the molecule is O=C(O)c1cccc(S(=O)(=O)Nc2ccc3[nH]c(=O)oc3c2)c1. The molecular formula is C14H10N2O6S. The van der Waals surface area contributed by atoms with Crippen molar-refractivity contribution in [1.82, 2.24) is 4.98 Å². The zero-order valence-corrected chi connectivity index (χ0v) is 12.3. The van der Waals surface area contributed by atoms with E-state index < -0.39 is 21.7 Å². The Morgan fingerprint density at radius 3 is 2.70 bits per heavy atom. The average molecular weight is 334 g/mol. The summed E-state index contributed by atoms with van der Waals surface area (Å²) < 4.78 is 31.8. The minimum absolute atomic E-state index is 0.139. The number of carboxylic acid groups (broad SMARTS) is 1. The van der Waals surface area contributed by atoms with Gasteiger partial charge in [0.15, 0.2) is 5.58 Å². The molecule has 118 valence electrons. The van der Waals surface area contributed by atoms with Crippen LogP contribution in [0.5, 0.6) is 0 Å².